The van der Waals surface area contributed by atoms with Gasteiger partial charge in [-0.05, 0) is 30.1 Å². The van der Waals surface area contributed by atoms with Crippen LogP contribution in [0.1, 0.15) is 5.56 Å². The van der Waals surface area contributed by atoms with Gasteiger partial charge in [0.1, 0.15) is 5.82 Å². The van der Waals surface area contributed by atoms with E-state index in [1.165, 1.54) is 5.01 Å². The van der Waals surface area contributed by atoms with Crippen molar-refractivity contribution in [3.63, 3.8) is 0 Å². The molecule has 0 aliphatic carbocycles. The second-order valence-corrected chi connectivity index (χ2v) is 7.01. The molecule has 5 N–H and O–H groups in total. The molecule has 0 spiro atoms. The van der Waals surface area contributed by atoms with E-state index in [4.69, 9.17) is 11.6 Å². The van der Waals surface area contributed by atoms with Crippen molar-refractivity contribution in [2.24, 2.45) is 11.6 Å². The number of carbonyl (C=O) groups is 1. The molecule has 27 heavy (non-hydrogen) atoms. The maximum absolute atomic E-state index is 12.3. The molecule has 8 heteroatoms. The van der Waals surface area contributed by atoms with Crippen LogP contribution in [0.2, 0.25) is 0 Å². The van der Waals surface area contributed by atoms with Gasteiger partial charge in [0, 0.05) is 51.0 Å². The van der Waals surface area contributed by atoms with Crippen LogP contribution in [0.5, 0.6) is 0 Å². The molecule has 2 heterocycles. The van der Waals surface area contributed by atoms with E-state index in [-0.39, 0.29) is 5.91 Å². The number of benzene rings is 1. The van der Waals surface area contributed by atoms with Crippen molar-refractivity contribution in [2.75, 3.05) is 52.1 Å². The predicted molar refractivity (Wildman–Crippen MR) is 108 cm³/mol. The van der Waals surface area contributed by atoms with Gasteiger partial charge >= 0.3 is 0 Å². The van der Waals surface area contributed by atoms with Crippen LogP contribution in [0, 0.1) is 0 Å². The van der Waals surface area contributed by atoms with Crippen LogP contribution in [0.25, 0.3) is 16.5 Å². The molecule has 1 fully saturated rings. The number of hydrogen-bond acceptors (Lipinski definition) is 7. The van der Waals surface area contributed by atoms with E-state index in [0.717, 1.165) is 42.5 Å². The standard InChI is InChI=1S/C19H27N7O/c1-24-5-7-26(8-6-24)13-19(27)23-18-10-16-9-14(17(20)12-25(2)21)3-4-15(16)11-22-18/h3-4,9-12H,5-8,13,20-21H2,1-2H3,(H,22,23,27)/b17-12-. The summed E-state index contributed by atoms with van der Waals surface area (Å²) in [5.74, 6) is 6.11. The molecule has 0 atom stereocenters. The van der Waals surface area contributed by atoms with Gasteiger partial charge in [0.25, 0.3) is 0 Å². The number of anilines is 1. The predicted octanol–water partition coefficient (Wildman–Crippen LogP) is 0.483. The Labute approximate surface area is 159 Å². The first-order valence-corrected chi connectivity index (χ1v) is 8.96. The Kier molecular flexibility index (Phi) is 5.90. The zero-order valence-electron chi connectivity index (χ0n) is 15.9. The molecular formula is C19H27N7O. The van der Waals surface area contributed by atoms with Crippen LogP contribution in [0.3, 0.4) is 0 Å². The van der Waals surface area contributed by atoms with E-state index >= 15 is 0 Å². The third-order valence-electron chi connectivity index (χ3n) is 4.63. The summed E-state index contributed by atoms with van der Waals surface area (Å²) >= 11 is 0. The molecule has 2 aromatic rings. The maximum atomic E-state index is 12.3. The van der Waals surface area contributed by atoms with Gasteiger partial charge in [-0.2, -0.15) is 0 Å². The zero-order chi connectivity index (χ0) is 19.4. The van der Waals surface area contributed by atoms with E-state index < -0.39 is 0 Å². The maximum Gasteiger partial charge on any atom is 0.239 e. The molecule has 1 saturated heterocycles. The summed E-state index contributed by atoms with van der Waals surface area (Å²) < 4.78 is 0. The molecule has 0 unspecified atom stereocenters. The summed E-state index contributed by atoms with van der Waals surface area (Å²) in [7, 11) is 3.81. The Morgan fingerprint density at radius 1 is 1.26 bits per heavy atom. The first kappa shape index (κ1) is 19.1. The van der Waals surface area contributed by atoms with E-state index in [9.17, 15) is 4.79 Å². The summed E-state index contributed by atoms with van der Waals surface area (Å²) in [6.07, 6.45) is 3.40. The van der Waals surface area contributed by atoms with E-state index in [0.29, 0.717) is 18.1 Å². The van der Waals surface area contributed by atoms with Crippen molar-refractivity contribution in [2.45, 2.75) is 0 Å². The Hall–Kier alpha value is -2.68. The summed E-state index contributed by atoms with van der Waals surface area (Å²) in [6.45, 7) is 4.15. The summed E-state index contributed by atoms with van der Waals surface area (Å²) in [4.78, 5) is 21.1. The first-order chi connectivity index (χ1) is 12.9. The van der Waals surface area contributed by atoms with Gasteiger partial charge in [0.15, 0.2) is 0 Å². The molecule has 144 valence electrons. The number of pyridine rings is 1. The average Bonchev–Trinajstić information content (AvgIpc) is 2.62. The van der Waals surface area contributed by atoms with Crippen molar-refractivity contribution in [3.05, 3.63) is 42.2 Å². The van der Waals surface area contributed by atoms with Gasteiger partial charge in [0.2, 0.25) is 5.91 Å². The van der Waals surface area contributed by atoms with E-state index in [2.05, 4.69) is 27.1 Å². The van der Waals surface area contributed by atoms with Crippen LogP contribution >= 0.6 is 0 Å². The third-order valence-corrected chi connectivity index (χ3v) is 4.63. The van der Waals surface area contributed by atoms with Gasteiger partial charge in [0.05, 0.1) is 12.2 Å². The van der Waals surface area contributed by atoms with Crippen LogP contribution in [-0.2, 0) is 4.79 Å². The lowest BCUT2D eigenvalue weighted by molar-refractivity contribution is -0.117. The highest BCUT2D eigenvalue weighted by Crippen LogP contribution is 2.21. The van der Waals surface area contributed by atoms with Crippen LogP contribution in [0.15, 0.2) is 36.7 Å². The number of piperazine rings is 1. The molecule has 1 aliphatic rings. The second-order valence-electron chi connectivity index (χ2n) is 7.01. The van der Waals surface area contributed by atoms with Crippen LogP contribution in [0.4, 0.5) is 5.82 Å². The summed E-state index contributed by atoms with van der Waals surface area (Å²) in [6, 6.07) is 7.69. The van der Waals surface area contributed by atoms with Crippen molar-refractivity contribution in [3.8, 4) is 0 Å². The molecule has 0 saturated carbocycles. The highest BCUT2D eigenvalue weighted by Gasteiger charge is 2.16. The molecule has 0 radical (unpaired) electrons. The molecular weight excluding hydrogens is 342 g/mol. The zero-order valence-corrected chi connectivity index (χ0v) is 15.9. The smallest absolute Gasteiger partial charge is 0.239 e. The summed E-state index contributed by atoms with van der Waals surface area (Å²) in [5, 5.41) is 6.24. The Morgan fingerprint density at radius 3 is 2.70 bits per heavy atom. The monoisotopic (exact) mass is 369 g/mol. The largest absolute Gasteiger partial charge is 0.397 e. The second kappa shape index (κ2) is 8.34. The van der Waals surface area contributed by atoms with Crippen molar-refractivity contribution >= 4 is 28.2 Å². The minimum atomic E-state index is -0.0493. The fourth-order valence-electron chi connectivity index (χ4n) is 3.07. The number of amides is 1. The molecule has 1 aliphatic heterocycles. The number of hydrazine groups is 1. The quantitative estimate of drug-likeness (QED) is 0.520. The Morgan fingerprint density at radius 2 is 2.00 bits per heavy atom. The van der Waals surface area contributed by atoms with Crippen molar-refractivity contribution in [1.29, 1.82) is 0 Å². The van der Waals surface area contributed by atoms with Gasteiger partial charge < -0.3 is 21.0 Å². The normalized spacial score (nSPS) is 16.5. The highest BCUT2D eigenvalue weighted by molar-refractivity contribution is 5.94. The lowest BCUT2D eigenvalue weighted by Crippen LogP contribution is -2.47. The lowest BCUT2D eigenvalue weighted by atomic mass is 10.1. The SMILES string of the molecule is CN(N)/C=C(\N)c1ccc2cnc(NC(=O)CN3CCN(C)CC3)cc2c1. The van der Waals surface area contributed by atoms with Crippen LogP contribution in [-0.4, -0.2) is 72.5 Å². The third kappa shape index (κ3) is 5.16. The number of nitrogens with one attached hydrogen (secondary N) is 1. The Balaban J connectivity index is 1.70. The molecule has 1 aromatic heterocycles. The number of nitrogens with two attached hydrogens (primary N) is 2. The molecule has 3 rings (SSSR count). The van der Waals surface area contributed by atoms with E-state index in [1.807, 2.05) is 24.3 Å². The topological polar surface area (TPSA) is 104 Å². The lowest BCUT2D eigenvalue weighted by Gasteiger charge is -2.31. The Bertz CT molecular complexity index is 841. The van der Waals surface area contributed by atoms with E-state index in [1.54, 1.807) is 19.4 Å². The molecule has 1 aromatic carbocycles. The van der Waals surface area contributed by atoms with Gasteiger partial charge in [-0.3, -0.25) is 9.69 Å². The number of likely N-dealkylation sites (N-methyl/N-ethyl adjacent to an activating group) is 1. The average molecular weight is 369 g/mol. The first-order valence-electron chi connectivity index (χ1n) is 8.96. The van der Waals surface area contributed by atoms with Gasteiger partial charge in [-0.25, -0.2) is 10.8 Å². The molecule has 8 nitrogen and oxygen atoms in total. The number of fused-ring (bicyclic) bond motifs is 1. The van der Waals surface area contributed by atoms with Crippen LogP contribution < -0.4 is 16.9 Å². The minimum absolute atomic E-state index is 0.0493. The van der Waals surface area contributed by atoms with Crippen molar-refractivity contribution < 1.29 is 4.79 Å². The number of aromatic nitrogens is 1. The number of hydrogen-bond donors (Lipinski definition) is 3. The minimum Gasteiger partial charge on any atom is -0.397 e. The number of nitrogens with zero attached hydrogens (tertiary/aromatic N) is 4. The number of rotatable bonds is 5. The number of carbonyl (C=O) groups excluding carboxylic acids is 1. The fraction of sp³-hybridized carbons (Fsp3) is 0.368. The summed E-state index contributed by atoms with van der Waals surface area (Å²) in [5.41, 5.74) is 7.50. The fourth-order valence-corrected chi connectivity index (χ4v) is 3.07. The van der Waals surface area contributed by atoms with Crippen molar-refractivity contribution in [1.82, 2.24) is 19.8 Å². The molecule has 1 amide bonds. The highest BCUT2D eigenvalue weighted by atomic mass is 16.2. The van der Waals surface area contributed by atoms with Gasteiger partial charge in [-0.1, -0.05) is 12.1 Å². The van der Waals surface area contributed by atoms with Gasteiger partial charge in [-0.15, -0.1) is 0 Å². The molecule has 0 bridgehead atoms.